The first-order valence-electron chi connectivity index (χ1n) is 6.03. The quantitative estimate of drug-likeness (QED) is 0.742. The number of nitrogens with zero attached hydrogens (tertiary/aromatic N) is 1. The number of carbonyl (C=O) groups excluding carboxylic acids is 1. The van der Waals surface area contributed by atoms with Gasteiger partial charge in [0.1, 0.15) is 0 Å². The summed E-state index contributed by atoms with van der Waals surface area (Å²) in [6, 6.07) is 0. The predicted octanol–water partition coefficient (Wildman–Crippen LogP) is 0.0836. The number of aliphatic imine (C=N–C) groups is 1. The lowest BCUT2D eigenvalue weighted by atomic mass is 9.79. The zero-order chi connectivity index (χ0) is 12.7. The molecule has 2 saturated heterocycles. The van der Waals surface area contributed by atoms with Gasteiger partial charge in [-0.2, -0.15) is 0 Å². The Morgan fingerprint density at radius 3 is 2.67 bits per heavy atom. The lowest BCUT2D eigenvalue weighted by Gasteiger charge is -2.23. The van der Waals surface area contributed by atoms with Crippen LogP contribution in [0.1, 0.15) is 12.8 Å². The Morgan fingerprint density at radius 1 is 1.33 bits per heavy atom. The third-order valence-electron chi connectivity index (χ3n) is 3.68. The van der Waals surface area contributed by atoms with E-state index in [-0.39, 0.29) is 18.1 Å². The van der Waals surface area contributed by atoms with Crippen molar-refractivity contribution in [3.05, 3.63) is 0 Å². The molecule has 98 valence electrons. The summed E-state index contributed by atoms with van der Waals surface area (Å²) in [5.74, 6) is -1.63. The molecular formula is C11H14N2O4S. The summed E-state index contributed by atoms with van der Waals surface area (Å²) < 4.78 is 5.56. The van der Waals surface area contributed by atoms with Crippen LogP contribution in [-0.4, -0.2) is 46.7 Å². The van der Waals surface area contributed by atoms with Crippen molar-refractivity contribution in [1.82, 2.24) is 5.32 Å². The maximum Gasteiger partial charge on any atom is 0.310 e. The van der Waals surface area contributed by atoms with Gasteiger partial charge in [0.15, 0.2) is 5.17 Å². The second-order valence-electron chi connectivity index (χ2n) is 4.70. The minimum atomic E-state index is -0.941. The second-order valence-corrected chi connectivity index (χ2v) is 5.79. The molecule has 3 aliphatic rings. The highest BCUT2D eigenvalue weighted by Crippen LogP contribution is 2.43. The fraction of sp³-hybridized carbons (Fsp3) is 0.727. The van der Waals surface area contributed by atoms with Crippen LogP contribution in [0.2, 0.25) is 0 Å². The first kappa shape index (κ1) is 12.0. The van der Waals surface area contributed by atoms with E-state index in [9.17, 15) is 14.7 Å². The summed E-state index contributed by atoms with van der Waals surface area (Å²) in [6.07, 6.45) is 0.956. The molecule has 18 heavy (non-hydrogen) atoms. The van der Waals surface area contributed by atoms with Crippen molar-refractivity contribution >= 4 is 28.8 Å². The Labute approximate surface area is 108 Å². The fourth-order valence-electron chi connectivity index (χ4n) is 2.92. The van der Waals surface area contributed by atoms with E-state index in [2.05, 4.69) is 10.3 Å². The molecule has 4 atom stereocenters. The molecule has 0 aromatic heterocycles. The number of amides is 1. The van der Waals surface area contributed by atoms with Crippen LogP contribution in [0.3, 0.4) is 0 Å². The topological polar surface area (TPSA) is 88.0 Å². The van der Waals surface area contributed by atoms with Crippen LogP contribution in [0.5, 0.6) is 0 Å². The number of hydrogen-bond acceptors (Lipinski definition) is 5. The molecule has 0 unspecified atom stereocenters. The van der Waals surface area contributed by atoms with E-state index >= 15 is 0 Å². The monoisotopic (exact) mass is 270 g/mol. The average Bonchev–Trinajstić information content (AvgIpc) is 3.03. The molecule has 6 nitrogen and oxygen atoms in total. The Bertz CT molecular complexity index is 425. The second kappa shape index (κ2) is 4.55. The van der Waals surface area contributed by atoms with Gasteiger partial charge in [0, 0.05) is 5.75 Å². The SMILES string of the molecule is O=C(O)[C@@H]1[C@H](C(=O)NC2=NCCS2)[C@H]2CC[C@H]1O2. The minimum absolute atomic E-state index is 0.247. The number of ether oxygens (including phenoxy) is 1. The molecule has 0 saturated carbocycles. The number of carboxylic acids is 1. The maximum atomic E-state index is 12.2. The third kappa shape index (κ3) is 1.91. The van der Waals surface area contributed by atoms with Crippen LogP contribution in [0.25, 0.3) is 0 Å². The van der Waals surface area contributed by atoms with Crippen molar-refractivity contribution in [3.8, 4) is 0 Å². The van der Waals surface area contributed by atoms with Gasteiger partial charge in [-0.3, -0.25) is 14.6 Å². The van der Waals surface area contributed by atoms with E-state index in [1.54, 1.807) is 0 Å². The Kier molecular flexibility index (Phi) is 3.03. The summed E-state index contributed by atoms with van der Waals surface area (Å²) in [4.78, 5) is 27.5. The van der Waals surface area contributed by atoms with Gasteiger partial charge in [0.25, 0.3) is 0 Å². The van der Waals surface area contributed by atoms with E-state index in [1.807, 2.05) is 0 Å². The first-order valence-corrected chi connectivity index (χ1v) is 7.02. The van der Waals surface area contributed by atoms with Gasteiger partial charge < -0.3 is 15.2 Å². The normalized spacial score (nSPS) is 37.7. The highest BCUT2D eigenvalue weighted by molar-refractivity contribution is 8.14. The lowest BCUT2D eigenvalue weighted by molar-refractivity contribution is -0.147. The molecule has 7 heteroatoms. The van der Waals surface area contributed by atoms with E-state index in [0.717, 1.165) is 18.6 Å². The number of nitrogens with one attached hydrogen (secondary N) is 1. The fourth-order valence-corrected chi connectivity index (χ4v) is 3.66. The van der Waals surface area contributed by atoms with Gasteiger partial charge in [-0.25, -0.2) is 0 Å². The molecule has 2 N–H and O–H groups in total. The molecule has 0 aromatic rings. The molecule has 0 aliphatic carbocycles. The van der Waals surface area contributed by atoms with Crippen molar-refractivity contribution in [2.45, 2.75) is 25.0 Å². The lowest BCUT2D eigenvalue weighted by Crippen LogP contribution is -2.44. The number of thioether (sulfide) groups is 1. The molecule has 3 rings (SSSR count). The molecule has 2 fully saturated rings. The molecule has 0 aromatic carbocycles. The summed E-state index contributed by atoms with van der Waals surface area (Å²) >= 11 is 1.49. The van der Waals surface area contributed by atoms with Crippen LogP contribution >= 0.6 is 11.8 Å². The molecule has 3 heterocycles. The summed E-state index contributed by atoms with van der Waals surface area (Å²) in [7, 11) is 0. The van der Waals surface area contributed by atoms with Gasteiger partial charge >= 0.3 is 5.97 Å². The van der Waals surface area contributed by atoms with Crippen molar-refractivity contribution < 1.29 is 19.4 Å². The smallest absolute Gasteiger partial charge is 0.310 e. The van der Waals surface area contributed by atoms with Crippen LogP contribution < -0.4 is 5.32 Å². The summed E-state index contributed by atoms with van der Waals surface area (Å²) in [6.45, 7) is 0.704. The molecule has 1 amide bonds. The molecule has 0 spiro atoms. The molecule has 0 radical (unpaired) electrons. The number of carboxylic acid groups (broad SMARTS) is 1. The van der Waals surface area contributed by atoms with Crippen LogP contribution in [0.15, 0.2) is 4.99 Å². The van der Waals surface area contributed by atoms with E-state index in [1.165, 1.54) is 11.8 Å². The number of fused-ring (bicyclic) bond motifs is 2. The Hall–Kier alpha value is -1.08. The van der Waals surface area contributed by atoms with Gasteiger partial charge in [0.05, 0.1) is 30.6 Å². The van der Waals surface area contributed by atoms with Gasteiger partial charge in [-0.05, 0) is 12.8 Å². The average molecular weight is 270 g/mol. The van der Waals surface area contributed by atoms with Gasteiger partial charge in [0.2, 0.25) is 5.91 Å². The maximum absolute atomic E-state index is 12.2. The molecule has 2 bridgehead atoms. The van der Waals surface area contributed by atoms with Crippen LogP contribution in [0.4, 0.5) is 0 Å². The van der Waals surface area contributed by atoms with Crippen molar-refractivity contribution in [1.29, 1.82) is 0 Å². The van der Waals surface area contributed by atoms with Gasteiger partial charge in [-0.15, -0.1) is 0 Å². The number of carbonyl (C=O) groups is 2. The zero-order valence-electron chi connectivity index (χ0n) is 9.67. The highest BCUT2D eigenvalue weighted by atomic mass is 32.2. The minimum Gasteiger partial charge on any atom is -0.481 e. The van der Waals surface area contributed by atoms with Crippen molar-refractivity contribution in [2.24, 2.45) is 16.8 Å². The Morgan fingerprint density at radius 2 is 2.06 bits per heavy atom. The number of rotatable bonds is 2. The van der Waals surface area contributed by atoms with E-state index < -0.39 is 17.8 Å². The van der Waals surface area contributed by atoms with Crippen LogP contribution in [-0.2, 0) is 14.3 Å². The summed E-state index contributed by atoms with van der Waals surface area (Å²) in [5.41, 5.74) is 0. The predicted molar refractivity (Wildman–Crippen MR) is 65.4 cm³/mol. The number of aliphatic carboxylic acids is 1. The highest BCUT2D eigenvalue weighted by Gasteiger charge is 2.55. The van der Waals surface area contributed by atoms with Crippen molar-refractivity contribution in [2.75, 3.05) is 12.3 Å². The summed E-state index contributed by atoms with van der Waals surface area (Å²) in [5, 5.41) is 12.5. The zero-order valence-corrected chi connectivity index (χ0v) is 10.5. The molecular weight excluding hydrogens is 256 g/mol. The standard InChI is InChI=1S/C11H14N2O4S/c14-9(13-11-12-3-4-18-11)7-5-1-2-6(17-5)8(7)10(15)16/h5-8H,1-4H2,(H,15,16)(H,12,13,14)/t5-,6-,7-,8+/m1/s1. The largest absolute Gasteiger partial charge is 0.481 e. The Balaban J connectivity index is 1.73. The van der Waals surface area contributed by atoms with Crippen molar-refractivity contribution in [3.63, 3.8) is 0 Å². The van der Waals surface area contributed by atoms with E-state index in [0.29, 0.717) is 11.7 Å². The number of amidine groups is 1. The van der Waals surface area contributed by atoms with Crippen LogP contribution in [0, 0.1) is 11.8 Å². The third-order valence-corrected chi connectivity index (χ3v) is 4.57. The van der Waals surface area contributed by atoms with E-state index in [4.69, 9.17) is 4.74 Å². The number of hydrogen-bond donors (Lipinski definition) is 2. The van der Waals surface area contributed by atoms with Gasteiger partial charge in [-0.1, -0.05) is 11.8 Å². The first-order chi connectivity index (χ1) is 8.66. The molecule has 3 aliphatic heterocycles.